The molecule has 2 heterocycles. The topological polar surface area (TPSA) is 94.2 Å². The van der Waals surface area contributed by atoms with E-state index < -0.39 is 11.9 Å². The van der Waals surface area contributed by atoms with Gasteiger partial charge in [-0.3, -0.25) is 19.0 Å². The zero-order chi connectivity index (χ0) is 21.5. The predicted molar refractivity (Wildman–Crippen MR) is 118 cm³/mol. The van der Waals surface area contributed by atoms with Crippen molar-refractivity contribution in [2.24, 2.45) is 5.73 Å². The van der Waals surface area contributed by atoms with Gasteiger partial charge in [-0.05, 0) is 50.8 Å². The molecule has 3 N–H and O–H groups in total. The first-order valence-corrected chi connectivity index (χ1v) is 10.3. The number of aromatic nitrogens is 1. The molecule has 1 atom stereocenters. The lowest BCUT2D eigenvalue weighted by molar-refractivity contribution is -0.119. The number of nitrogens with zero attached hydrogens (tertiary/aromatic N) is 1. The van der Waals surface area contributed by atoms with Crippen molar-refractivity contribution in [1.82, 2.24) is 4.57 Å². The Morgan fingerprint density at radius 1 is 1.17 bits per heavy atom. The maximum Gasteiger partial charge on any atom is 0.252 e. The lowest BCUT2D eigenvalue weighted by atomic mass is 10.0. The van der Waals surface area contributed by atoms with E-state index in [1.54, 1.807) is 17.6 Å². The zero-order valence-electron chi connectivity index (χ0n) is 17.3. The summed E-state index contributed by atoms with van der Waals surface area (Å²) in [6.45, 7) is 9.37. The molecule has 0 saturated carbocycles. The largest absolute Gasteiger partial charge is 0.365 e. The van der Waals surface area contributed by atoms with Crippen molar-refractivity contribution in [3.8, 4) is 0 Å². The van der Waals surface area contributed by atoms with E-state index in [1.165, 1.54) is 11.3 Å². The summed E-state index contributed by atoms with van der Waals surface area (Å²) in [6, 6.07) is 6.67. The third-order valence-electron chi connectivity index (χ3n) is 5.35. The van der Waals surface area contributed by atoms with Crippen LogP contribution in [0.5, 0.6) is 0 Å². The highest BCUT2D eigenvalue weighted by atomic mass is 32.1. The van der Waals surface area contributed by atoms with Gasteiger partial charge in [0.15, 0.2) is 0 Å². The predicted octanol–water partition coefficient (Wildman–Crippen LogP) is 3.99. The van der Waals surface area contributed by atoms with Crippen LogP contribution in [0.2, 0.25) is 0 Å². The Balaban J connectivity index is 2.13. The number of amides is 2. The highest BCUT2D eigenvalue weighted by Crippen LogP contribution is 2.33. The molecule has 0 aliphatic rings. The number of benzene rings is 1. The summed E-state index contributed by atoms with van der Waals surface area (Å²) in [6.07, 6.45) is 0.424. The van der Waals surface area contributed by atoms with E-state index in [0.29, 0.717) is 17.0 Å². The summed E-state index contributed by atoms with van der Waals surface area (Å²) < 4.78 is 1.56. The Bertz CT molecular complexity index is 1190. The molecule has 0 aliphatic heterocycles. The van der Waals surface area contributed by atoms with Gasteiger partial charge in [-0.2, -0.15) is 0 Å². The standard InChI is InChI=1S/C22H25N3O3S/c1-6-16(21(28)24-22-18(20(23)27)13(4)14(5)29-22)25-17(26)10-12(3)15-9-7-8-11(2)19(15)25/h7-10,16H,6H2,1-5H3,(H2,23,27)(H,24,28). The molecular formula is C22H25N3O3S. The van der Waals surface area contributed by atoms with Gasteiger partial charge in [0, 0.05) is 16.3 Å². The molecule has 2 aromatic heterocycles. The molecule has 0 fully saturated rings. The van der Waals surface area contributed by atoms with E-state index in [1.807, 2.05) is 45.9 Å². The molecule has 7 heteroatoms. The van der Waals surface area contributed by atoms with E-state index >= 15 is 0 Å². The van der Waals surface area contributed by atoms with Gasteiger partial charge in [0.05, 0.1) is 11.1 Å². The van der Waals surface area contributed by atoms with E-state index in [-0.39, 0.29) is 11.5 Å². The van der Waals surface area contributed by atoms with Gasteiger partial charge in [-0.25, -0.2) is 0 Å². The molecule has 2 amide bonds. The Labute approximate surface area is 173 Å². The van der Waals surface area contributed by atoms with Crippen molar-refractivity contribution < 1.29 is 9.59 Å². The maximum absolute atomic E-state index is 13.2. The van der Waals surface area contributed by atoms with Crippen LogP contribution in [0.3, 0.4) is 0 Å². The van der Waals surface area contributed by atoms with Crippen LogP contribution in [0, 0.1) is 27.7 Å². The average molecular weight is 412 g/mol. The van der Waals surface area contributed by atoms with Crippen LogP contribution in [-0.2, 0) is 4.79 Å². The van der Waals surface area contributed by atoms with Crippen molar-refractivity contribution in [3.63, 3.8) is 0 Å². The monoisotopic (exact) mass is 411 g/mol. The number of anilines is 1. The van der Waals surface area contributed by atoms with Gasteiger partial charge >= 0.3 is 0 Å². The number of carbonyl (C=O) groups is 2. The highest BCUT2D eigenvalue weighted by molar-refractivity contribution is 7.16. The number of fused-ring (bicyclic) bond motifs is 1. The third kappa shape index (κ3) is 3.58. The fourth-order valence-corrected chi connectivity index (χ4v) is 4.81. The SMILES string of the molecule is CCC(C(=O)Nc1sc(C)c(C)c1C(N)=O)n1c(=O)cc(C)c2cccc(C)c21. The number of para-hydroxylation sites is 1. The van der Waals surface area contributed by atoms with Crippen molar-refractivity contribution in [1.29, 1.82) is 0 Å². The second-order valence-corrected chi connectivity index (χ2v) is 8.50. The van der Waals surface area contributed by atoms with Crippen LogP contribution >= 0.6 is 11.3 Å². The molecule has 0 aliphatic carbocycles. The van der Waals surface area contributed by atoms with Crippen LogP contribution < -0.4 is 16.6 Å². The van der Waals surface area contributed by atoms with Crippen molar-refractivity contribution in [3.05, 3.63) is 61.8 Å². The number of rotatable bonds is 5. The Morgan fingerprint density at radius 3 is 2.48 bits per heavy atom. The minimum Gasteiger partial charge on any atom is -0.365 e. The number of carbonyl (C=O) groups excluding carboxylic acids is 2. The summed E-state index contributed by atoms with van der Waals surface area (Å²) >= 11 is 1.31. The lowest BCUT2D eigenvalue weighted by Gasteiger charge is -2.22. The number of pyridine rings is 1. The molecule has 3 rings (SSSR count). The van der Waals surface area contributed by atoms with Crippen LogP contribution in [0.1, 0.15) is 51.3 Å². The Morgan fingerprint density at radius 2 is 1.86 bits per heavy atom. The molecular weight excluding hydrogens is 386 g/mol. The third-order valence-corrected chi connectivity index (χ3v) is 6.47. The number of thiophene rings is 1. The Kier molecular flexibility index (Phi) is 5.61. The summed E-state index contributed by atoms with van der Waals surface area (Å²) in [5.41, 5.74) is 8.95. The molecule has 1 aromatic carbocycles. The minimum atomic E-state index is -0.713. The first kappa shape index (κ1) is 20.8. The van der Waals surface area contributed by atoms with Crippen LogP contribution in [-0.4, -0.2) is 16.4 Å². The molecule has 0 bridgehead atoms. The fraction of sp³-hybridized carbons (Fsp3) is 0.318. The minimum absolute atomic E-state index is 0.222. The molecule has 0 saturated heterocycles. The number of hydrogen-bond donors (Lipinski definition) is 2. The van der Waals surface area contributed by atoms with Gasteiger partial charge in [-0.15, -0.1) is 11.3 Å². The first-order chi connectivity index (χ1) is 13.7. The van der Waals surface area contributed by atoms with Gasteiger partial charge in [0.2, 0.25) is 5.91 Å². The molecule has 29 heavy (non-hydrogen) atoms. The second kappa shape index (κ2) is 7.83. The molecule has 0 spiro atoms. The molecule has 152 valence electrons. The zero-order valence-corrected chi connectivity index (χ0v) is 18.1. The van der Waals surface area contributed by atoms with Gasteiger partial charge < -0.3 is 11.1 Å². The van der Waals surface area contributed by atoms with E-state index in [4.69, 9.17) is 5.73 Å². The maximum atomic E-state index is 13.2. The van der Waals surface area contributed by atoms with E-state index in [0.717, 1.165) is 32.5 Å². The smallest absolute Gasteiger partial charge is 0.252 e. The van der Waals surface area contributed by atoms with Crippen LogP contribution in [0.15, 0.2) is 29.1 Å². The Hall–Kier alpha value is -2.93. The molecule has 1 unspecified atom stereocenters. The van der Waals surface area contributed by atoms with Crippen molar-refractivity contribution in [2.75, 3.05) is 5.32 Å². The molecule has 6 nitrogen and oxygen atoms in total. The normalized spacial score (nSPS) is 12.2. The van der Waals surface area contributed by atoms with Gasteiger partial charge in [-0.1, -0.05) is 25.1 Å². The van der Waals surface area contributed by atoms with Crippen molar-refractivity contribution in [2.45, 2.75) is 47.1 Å². The lowest BCUT2D eigenvalue weighted by Crippen LogP contribution is -2.33. The second-order valence-electron chi connectivity index (χ2n) is 7.27. The summed E-state index contributed by atoms with van der Waals surface area (Å²) in [4.78, 5) is 38.9. The number of primary amides is 1. The van der Waals surface area contributed by atoms with Gasteiger partial charge in [0.25, 0.3) is 11.5 Å². The van der Waals surface area contributed by atoms with Gasteiger partial charge in [0.1, 0.15) is 11.0 Å². The molecule has 3 aromatic rings. The molecule has 0 radical (unpaired) electrons. The number of nitrogens with two attached hydrogens (primary N) is 1. The number of nitrogens with one attached hydrogen (secondary N) is 1. The number of hydrogen-bond acceptors (Lipinski definition) is 4. The summed E-state index contributed by atoms with van der Waals surface area (Å²) in [7, 11) is 0. The van der Waals surface area contributed by atoms with Crippen molar-refractivity contribution >= 4 is 39.1 Å². The average Bonchev–Trinajstić information content (AvgIpc) is 2.92. The van der Waals surface area contributed by atoms with E-state index in [2.05, 4.69) is 5.32 Å². The summed E-state index contributed by atoms with van der Waals surface area (Å²) in [5.74, 6) is -0.921. The number of aryl methyl sites for hydroxylation is 3. The van der Waals surface area contributed by atoms with Crippen LogP contribution in [0.25, 0.3) is 10.9 Å². The quantitative estimate of drug-likeness (QED) is 0.665. The fourth-order valence-electron chi connectivity index (χ4n) is 3.74. The first-order valence-electron chi connectivity index (χ1n) is 9.49. The summed E-state index contributed by atoms with van der Waals surface area (Å²) in [5, 5.41) is 4.22. The van der Waals surface area contributed by atoms with Crippen LogP contribution in [0.4, 0.5) is 5.00 Å². The van der Waals surface area contributed by atoms with E-state index in [9.17, 15) is 14.4 Å². The highest BCUT2D eigenvalue weighted by Gasteiger charge is 2.26.